The Morgan fingerprint density at radius 3 is 1.95 bits per heavy atom. The first-order valence-corrected chi connectivity index (χ1v) is 16.6. The summed E-state index contributed by atoms with van der Waals surface area (Å²) in [6, 6.07) is 7.60. The molecule has 0 spiro atoms. The van der Waals surface area contributed by atoms with Crippen LogP contribution in [0.4, 0.5) is 0 Å². The predicted molar refractivity (Wildman–Crippen MR) is 160 cm³/mol. The van der Waals surface area contributed by atoms with Gasteiger partial charge in [0.05, 0.1) is 12.2 Å². The number of ether oxygens (including phenoxy) is 2. The summed E-state index contributed by atoms with van der Waals surface area (Å²) < 4.78 is 11.9. The van der Waals surface area contributed by atoms with Gasteiger partial charge in [0.1, 0.15) is 11.9 Å². The number of hydrogen-bond donors (Lipinski definition) is 0. The lowest BCUT2D eigenvalue weighted by molar-refractivity contribution is 0.0161. The summed E-state index contributed by atoms with van der Waals surface area (Å²) in [6.07, 6.45) is 27.8. The van der Waals surface area contributed by atoms with Gasteiger partial charge in [0.15, 0.2) is 0 Å². The molecule has 0 saturated heterocycles. The van der Waals surface area contributed by atoms with Crippen LogP contribution in [0.25, 0.3) is 0 Å². The highest BCUT2D eigenvalue weighted by molar-refractivity contribution is 5.89. The summed E-state index contributed by atoms with van der Waals surface area (Å²) in [5.74, 6) is 3.35. The quantitative estimate of drug-likeness (QED) is 0.141. The second-order valence-electron chi connectivity index (χ2n) is 12.4. The lowest BCUT2D eigenvalue weighted by Crippen LogP contribution is -2.24. The van der Waals surface area contributed by atoms with E-state index in [1.807, 2.05) is 24.3 Å². The Kier molecular flexibility index (Phi) is 15.3. The summed E-state index contributed by atoms with van der Waals surface area (Å²) in [6.45, 7) is 5.34. The van der Waals surface area contributed by atoms with E-state index in [9.17, 15) is 4.79 Å². The summed E-state index contributed by atoms with van der Waals surface area (Å²) >= 11 is 0. The molecule has 0 radical (unpaired) electrons. The summed E-state index contributed by atoms with van der Waals surface area (Å²) in [5, 5.41) is 0. The summed E-state index contributed by atoms with van der Waals surface area (Å²) in [7, 11) is 0. The van der Waals surface area contributed by atoms with Crippen molar-refractivity contribution in [2.75, 3.05) is 6.61 Å². The van der Waals surface area contributed by atoms with Crippen molar-refractivity contribution in [1.82, 2.24) is 0 Å². The van der Waals surface area contributed by atoms with Crippen molar-refractivity contribution in [3.63, 3.8) is 0 Å². The molecular formula is C35H58O3. The second kappa shape index (κ2) is 18.7. The number of carbonyl (C=O) groups is 1. The van der Waals surface area contributed by atoms with Crippen molar-refractivity contribution in [2.24, 2.45) is 17.8 Å². The second-order valence-corrected chi connectivity index (χ2v) is 12.4. The van der Waals surface area contributed by atoms with E-state index in [0.717, 1.165) is 49.4 Å². The molecule has 0 aromatic heterocycles. The fourth-order valence-electron chi connectivity index (χ4n) is 6.89. The molecule has 2 aliphatic rings. The third kappa shape index (κ3) is 11.7. The van der Waals surface area contributed by atoms with E-state index in [1.165, 1.54) is 116 Å². The Bertz CT molecular complexity index is 734. The molecule has 3 rings (SSSR count). The molecule has 2 aliphatic carbocycles. The van der Waals surface area contributed by atoms with Crippen LogP contribution >= 0.6 is 0 Å². The van der Waals surface area contributed by atoms with Gasteiger partial charge in [-0.15, -0.1) is 0 Å². The zero-order chi connectivity index (χ0) is 26.8. The van der Waals surface area contributed by atoms with Gasteiger partial charge in [-0.2, -0.15) is 0 Å². The van der Waals surface area contributed by atoms with Crippen LogP contribution in [0.3, 0.4) is 0 Å². The maximum absolute atomic E-state index is 12.7. The number of rotatable bonds is 18. The van der Waals surface area contributed by atoms with Gasteiger partial charge in [-0.05, 0) is 80.5 Å². The van der Waals surface area contributed by atoms with Crippen molar-refractivity contribution in [2.45, 2.75) is 155 Å². The number of esters is 1. The molecule has 0 amide bonds. The SMILES string of the molecule is CCCCCCCCC1CCC(OC(=O)c2ccc(OCCCC3CCCCC3CCCCC)cc2)CC1. The first-order valence-electron chi connectivity index (χ1n) is 16.6. The molecule has 2 fully saturated rings. The van der Waals surface area contributed by atoms with E-state index in [2.05, 4.69) is 13.8 Å². The van der Waals surface area contributed by atoms with Gasteiger partial charge in [-0.3, -0.25) is 0 Å². The number of unbranched alkanes of at least 4 members (excludes halogenated alkanes) is 7. The highest BCUT2D eigenvalue weighted by Crippen LogP contribution is 2.36. The maximum Gasteiger partial charge on any atom is 0.338 e. The Balaban J connectivity index is 1.28. The average Bonchev–Trinajstić information content (AvgIpc) is 2.95. The molecule has 216 valence electrons. The van der Waals surface area contributed by atoms with Crippen molar-refractivity contribution in [3.8, 4) is 5.75 Å². The molecule has 1 aromatic carbocycles. The van der Waals surface area contributed by atoms with Crippen LogP contribution in [-0.2, 0) is 4.74 Å². The maximum atomic E-state index is 12.7. The zero-order valence-electron chi connectivity index (χ0n) is 24.9. The first-order chi connectivity index (χ1) is 18.7. The van der Waals surface area contributed by atoms with Crippen LogP contribution in [0.1, 0.15) is 159 Å². The van der Waals surface area contributed by atoms with Crippen LogP contribution in [0.15, 0.2) is 24.3 Å². The number of benzene rings is 1. The summed E-state index contributed by atoms with van der Waals surface area (Å²) in [5.41, 5.74) is 0.642. The van der Waals surface area contributed by atoms with Crippen LogP contribution < -0.4 is 4.74 Å². The Labute approximate surface area is 234 Å². The molecule has 0 aliphatic heterocycles. The lowest BCUT2D eigenvalue weighted by atomic mass is 9.74. The zero-order valence-corrected chi connectivity index (χ0v) is 24.9. The monoisotopic (exact) mass is 526 g/mol. The fourth-order valence-corrected chi connectivity index (χ4v) is 6.89. The van der Waals surface area contributed by atoms with Crippen LogP contribution in [0, 0.1) is 17.8 Å². The lowest BCUT2D eigenvalue weighted by Gasteiger charge is -2.31. The molecule has 2 saturated carbocycles. The van der Waals surface area contributed by atoms with Crippen LogP contribution in [0.2, 0.25) is 0 Å². The molecule has 2 unspecified atom stereocenters. The van der Waals surface area contributed by atoms with E-state index >= 15 is 0 Å². The van der Waals surface area contributed by atoms with E-state index in [-0.39, 0.29) is 12.1 Å². The fraction of sp³-hybridized carbons (Fsp3) is 0.800. The highest BCUT2D eigenvalue weighted by Gasteiger charge is 2.25. The minimum atomic E-state index is -0.178. The van der Waals surface area contributed by atoms with E-state index in [4.69, 9.17) is 9.47 Å². The van der Waals surface area contributed by atoms with Crippen LogP contribution in [0.5, 0.6) is 5.75 Å². The normalized spacial score (nSPS) is 23.7. The third-order valence-corrected chi connectivity index (χ3v) is 9.36. The van der Waals surface area contributed by atoms with Crippen molar-refractivity contribution in [1.29, 1.82) is 0 Å². The minimum absolute atomic E-state index is 0.0878. The Morgan fingerprint density at radius 2 is 1.26 bits per heavy atom. The molecule has 38 heavy (non-hydrogen) atoms. The molecular weight excluding hydrogens is 468 g/mol. The topological polar surface area (TPSA) is 35.5 Å². The Hall–Kier alpha value is -1.51. The average molecular weight is 527 g/mol. The number of carbonyl (C=O) groups excluding carboxylic acids is 1. The van der Waals surface area contributed by atoms with Gasteiger partial charge in [-0.25, -0.2) is 4.79 Å². The van der Waals surface area contributed by atoms with Gasteiger partial charge in [0.2, 0.25) is 0 Å². The number of hydrogen-bond acceptors (Lipinski definition) is 3. The van der Waals surface area contributed by atoms with Gasteiger partial charge in [-0.1, -0.05) is 110 Å². The molecule has 0 N–H and O–H groups in total. The third-order valence-electron chi connectivity index (χ3n) is 9.36. The summed E-state index contributed by atoms with van der Waals surface area (Å²) in [4.78, 5) is 12.7. The van der Waals surface area contributed by atoms with Crippen molar-refractivity contribution >= 4 is 5.97 Å². The van der Waals surface area contributed by atoms with Gasteiger partial charge < -0.3 is 9.47 Å². The minimum Gasteiger partial charge on any atom is -0.494 e. The molecule has 1 aromatic rings. The predicted octanol–water partition coefficient (Wildman–Crippen LogP) is 10.7. The molecule has 0 heterocycles. The smallest absolute Gasteiger partial charge is 0.338 e. The molecule has 3 nitrogen and oxygen atoms in total. The van der Waals surface area contributed by atoms with E-state index in [1.54, 1.807) is 0 Å². The Morgan fingerprint density at radius 1 is 0.684 bits per heavy atom. The van der Waals surface area contributed by atoms with Gasteiger partial charge in [0, 0.05) is 0 Å². The molecule has 2 atom stereocenters. The van der Waals surface area contributed by atoms with Crippen molar-refractivity contribution < 1.29 is 14.3 Å². The van der Waals surface area contributed by atoms with E-state index < -0.39 is 0 Å². The van der Waals surface area contributed by atoms with Gasteiger partial charge in [0.25, 0.3) is 0 Å². The molecule has 3 heteroatoms. The molecule has 0 bridgehead atoms. The standard InChI is InChI=1S/C35H58O3/c1-3-5-7-8-9-11-15-29-20-24-34(25-21-29)38-35(36)32-22-26-33(27-23-32)37-28-14-19-31-18-13-12-17-30(31)16-10-6-4-2/h22-23,26-27,29-31,34H,3-21,24-25,28H2,1-2H3. The van der Waals surface area contributed by atoms with Gasteiger partial charge >= 0.3 is 5.97 Å². The largest absolute Gasteiger partial charge is 0.494 e. The van der Waals surface area contributed by atoms with Crippen molar-refractivity contribution in [3.05, 3.63) is 29.8 Å². The van der Waals surface area contributed by atoms with Crippen LogP contribution in [-0.4, -0.2) is 18.7 Å². The first kappa shape index (κ1) is 31.0. The highest BCUT2D eigenvalue weighted by atomic mass is 16.5. The van der Waals surface area contributed by atoms with E-state index in [0.29, 0.717) is 5.56 Å².